The molecule has 1 aromatic rings. The lowest BCUT2D eigenvalue weighted by atomic mass is 10.1. The Hall–Kier alpha value is -0.940. The topological polar surface area (TPSA) is 46.0 Å². The molecular formula is C14H27N5. The second-order valence-electron chi connectivity index (χ2n) is 6.10. The third-order valence-corrected chi connectivity index (χ3v) is 3.81. The van der Waals surface area contributed by atoms with Crippen LogP contribution in [-0.2, 0) is 13.6 Å². The Kier molecular flexibility index (Phi) is 4.93. The van der Waals surface area contributed by atoms with Crippen LogP contribution >= 0.6 is 0 Å². The molecule has 0 bridgehead atoms. The van der Waals surface area contributed by atoms with E-state index in [2.05, 4.69) is 38.8 Å². The highest BCUT2D eigenvalue weighted by atomic mass is 15.3. The molecule has 1 N–H and O–H groups in total. The van der Waals surface area contributed by atoms with E-state index in [0.29, 0.717) is 12.0 Å². The smallest absolute Gasteiger partial charge is 0.146 e. The van der Waals surface area contributed by atoms with Gasteiger partial charge in [0.15, 0.2) is 0 Å². The van der Waals surface area contributed by atoms with E-state index in [0.717, 1.165) is 31.3 Å². The first kappa shape index (κ1) is 14.5. The SMILES string of the molecule is Cc1nnc(CN(CC(C)C)CC2CCCN2)n1C. The lowest BCUT2D eigenvalue weighted by Gasteiger charge is -2.26. The summed E-state index contributed by atoms with van der Waals surface area (Å²) in [5.41, 5.74) is 0. The molecule has 1 unspecified atom stereocenters. The van der Waals surface area contributed by atoms with Gasteiger partial charge in [-0.2, -0.15) is 0 Å². The minimum absolute atomic E-state index is 0.646. The first-order valence-corrected chi connectivity index (χ1v) is 7.37. The van der Waals surface area contributed by atoms with E-state index in [1.807, 2.05) is 14.0 Å². The van der Waals surface area contributed by atoms with Crippen LogP contribution < -0.4 is 5.32 Å². The van der Waals surface area contributed by atoms with Crippen molar-refractivity contribution in [1.82, 2.24) is 25.0 Å². The van der Waals surface area contributed by atoms with Crippen molar-refractivity contribution in [1.29, 1.82) is 0 Å². The zero-order valence-corrected chi connectivity index (χ0v) is 12.7. The van der Waals surface area contributed by atoms with Crippen molar-refractivity contribution in [2.24, 2.45) is 13.0 Å². The summed E-state index contributed by atoms with van der Waals surface area (Å²) < 4.78 is 2.09. The zero-order chi connectivity index (χ0) is 13.8. The van der Waals surface area contributed by atoms with E-state index in [1.54, 1.807) is 0 Å². The maximum absolute atomic E-state index is 4.29. The van der Waals surface area contributed by atoms with E-state index in [1.165, 1.54) is 19.4 Å². The maximum atomic E-state index is 4.29. The third kappa shape index (κ3) is 4.01. The van der Waals surface area contributed by atoms with Gasteiger partial charge in [0.05, 0.1) is 6.54 Å². The molecule has 0 spiro atoms. The molecule has 5 heteroatoms. The van der Waals surface area contributed by atoms with Crippen LogP contribution in [0.2, 0.25) is 0 Å². The fourth-order valence-corrected chi connectivity index (χ4v) is 2.73. The van der Waals surface area contributed by atoms with Crippen LogP contribution in [0.3, 0.4) is 0 Å². The van der Waals surface area contributed by atoms with Crippen molar-refractivity contribution in [3.05, 3.63) is 11.6 Å². The van der Waals surface area contributed by atoms with E-state index in [4.69, 9.17) is 0 Å². The van der Waals surface area contributed by atoms with Crippen molar-refractivity contribution < 1.29 is 0 Å². The molecule has 2 rings (SSSR count). The normalized spacial score (nSPS) is 19.8. The second-order valence-corrected chi connectivity index (χ2v) is 6.10. The lowest BCUT2D eigenvalue weighted by Crippen LogP contribution is -2.39. The Morgan fingerprint density at radius 3 is 2.74 bits per heavy atom. The minimum Gasteiger partial charge on any atom is -0.317 e. The fraction of sp³-hybridized carbons (Fsp3) is 0.857. The monoisotopic (exact) mass is 265 g/mol. The highest BCUT2D eigenvalue weighted by Crippen LogP contribution is 2.11. The van der Waals surface area contributed by atoms with E-state index < -0.39 is 0 Å². The van der Waals surface area contributed by atoms with Crippen molar-refractivity contribution in [3.63, 3.8) is 0 Å². The molecule has 0 aromatic carbocycles. The molecule has 0 saturated carbocycles. The maximum Gasteiger partial charge on any atom is 0.146 e. The van der Waals surface area contributed by atoms with E-state index >= 15 is 0 Å². The number of nitrogens with one attached hydrogen (secondary N) is 1. The van der Waals surface area contributed by atoms with E-state index in [-0.39, 0.29) is 0 Å². The number of hydrogen-bond acceptors (Lipinski definition) is 4. The van der Waals surface area contributed by atoms with Crippen molar-refractivity contribution in [2.75, 3.05) is 19.6 Å². The number of aromatic nitrogens is 3. The predicted molar refractivity (Wildman–Crippen MR) is 76.9 cm³/mol. The summed E-state index contributed by atoms with van der Waals surface area (Å²) in [6.07, 6.45) is 2.61. The molecule has 5 nitrogen and oxygen atoms in total. The fourth-order valence-electron chi connectivity index (χ4n) is 2.73. The molecule has 0 radical (unpaired) electrons. The largest absolute Gasteiger partial charge is 0.317 e. The van der Waals surface area contributed by atoms with E-state index in [9.17, 15) is 0 Å². The van der Waals surface area contributed by atoms with Crippen molar-refractivity contribution >= 4 is 0 Å². The van der Waals surface area contributed by atoms with Gasteiger partial charge in [-0.05, 0) is 32.2 Å². The van der Waals surface area contributed by atoms with Crippen LogP contribution in [0.15, 0.2) is 0 Å². The minimum atomic E-state index is 0.646. The Morgan fingerprint density at radius 2 is 2.21 bits per heavy atom. The first-order chi connectivity index (χ1) is 9.06. The van der Waals surface area contributed by atoms with Crippen LogP contribution in [0.1, 0.15) is 38.3 Å². The summed E-state index contributed by atoms with van der Waals surface area (Å²) >= 11 is 0. The summed E-state index contributed by atoms with van der Waals surface area (Å²) in [6, 6.07) is 0.646. The number of hydrogen-bond donors (Lipinski definition) is 1. The Bertz CT molecular complexity index is 393. The molecular weight excluding hydrogens is 238 g/mol. The molecule has 0 aliphatic carbocycles. The van der Waals surface area contributed by atoms with Crippen LogP contribution in [-0.4, -0.2) is 45.3 Å². The van der Waals surface area contributed by atoms with Crippen molar-refractivity contribution in [3.8, 4) is 0 Å². The highest BCUT2D eigenvalue weighted by Gasteiger charge is 2.20. The summed E-state index contributed by atoms with van der Waals surface area (Å²) in [7, 11) is 2.05. The van der Waals surface area contributed by atoms with Crippen LogP contribution in [0, 0.1) is 12.8 Å². The molecule has 0 amide bonds. The third-order valence-electron chi connectivity index (χ3n) is 3.81. The molecule has 2 heterocycles. The van der Waals surface area contributed by atoms with Gasteiger partial charge in [-0.15, -0.1) is 10.2 Å². The van der Waals surface area contributed by atoms with Gasteiger partial charge in [-0.1, -0.05) is 13.8 Å². The van der Waals surface area contributed by atoms with Gasteiger partial charge in [0.25, 0.3) is 0 Å². The Morgan fingerprint density at radius 1 is 1.42 bits per heavy atom. The van der Waals surface area contributed by atoms with Gasteiger partial charge >= 0.3 is 0 Å². The van der Waals surface area contributed by atoms with Gasteiger partial charge in [-0.25, -0.2) is 0 Å². The molecule has 1 atom stereocenters. The second kappa shape index (κ2) is 6.48. The number of aryl methyl sites for hydroxylation is 1. The van der Waals surface area contributed by atoms with Gasteiger partial charge in [0.2, 0.25) is 0 Å². The van der Waals surface area contributed by atoms with Gasteiger partial charge in [0.1, 0.15) is 11.6 Å². The average molecular weight is 265 g/mol. The first-order valence-electron chi connectivity index (χ1n) is 7.37. The molecule has 19 heavy (non-hydrogen) atoms. The quantitative estimate of drug-likeness (QED) is 0.843. The van der Waals surface area contributed by atoms with Crippen molar-refractivity contribution in [2.45, 2.75) is 46.2 Å². The predicted octanol–water partition coefficient (Wildman–Crippen LogP) is 1.33. The zero-order valence-electron chi connectivity index (χ0n) is 12.7. The summed E-state index contributed by atoms with van der Waals surface area (Å²) in [4.78, 5) is 2.51. The summed E-state index contributed by atoms with van der Waals surface area (Å²) in [5, 5.41) is 12.0. The molecule has 108 valence electrons. The molecule has 1 aromatic heterocycles. The summed E-state index contributed by atoms with van der Waals surface area (Å²) in [6.45, 7) is 10.8. The average Bonchev–Trinajstić information content (AvgIpc) is 2.94. The molecule has 1 aliphatic heterocycles. The van der Waals surface area contributed by atoms with Gasteiger partial charge in [0, 0.05) is 26.2 Å². The highest BCUT2D eigenvalue weighted by molar-refractivity contribution is 4.93. The lowest BCUT2D eigenvalue weighted by molar-refractivity contribution is 0.209. The van der Waals surface area contributed by atoms with Gasteiger partial charge < -0.3 is 9.88 Å². The molecule has 1 saturated heterocycles. The summed E-state index contributed by atoms with van der Waals surface area (Å²) in [5.74, 6) is 2.73. The van der Waals surface area contributed by atoms with Gasteiger partial charge in [-0.3, -0.25) is 4.90 Å². The van der Waals surface area contributed by atoms with Crippen LogP contribution in [0.4, 0.5) is 0 Å². The standard InChI is InChI=1S/C14H27N5/c1-11(2)8-19(9-13-6-5-7-15-13)10-14-17-16-12(3)18(14)4/h11,13,15H,5-10H2,1-4H3. The number of nitrogens with zero attached hydrogens (tertiary/aromatic N) is 4. The molecule has 1 aliphatic rings. The number of rotatable bonds is 6. The molecule has 1 fully saturated rings. The Balaban J connectivity index is 1.98. The van der Waals surface area contributed by atoms with Crippen LogP contribution in [0.25, 0.3) is 0 Å². The Labute approximate surface area is 116 Å². The van der Waals surface area contributed by atoms with Crippen LogP contribution in [0.5, 0.6) is 0 Å².